The van der Waals surface area contributed by atoms with Crippen molar-refractivity contribution in [2.75, 3.05) is 31.6 Å². The predicted molar refractivity (Wildman–Crippen MR) is 134 cm³/mol. The van der Waals surface area contributed by atoms with Crippen molar-refractivity contribution in [3.63, 3.8) is 0 Å². The number of benzene rings is 1. The zero-order chi connectivity index (χ0) is 26.0. The number of piperidine rings is 1. The third-order valence-corrected chi connectivity index (χ3v) is 6.49. The molecule has 0 saturated carbocycles. The lowest BCUT2D eigenvalue weighted by Gasteiger charge is -2.31. The smallest absolute Gasteiger partial charge is 0.293 e. The average Bonchev–Trinajstić information content (AvgIpc) is 2.83. The molecule has 0 aliphatic carbocycles. The number of rotatable bonds is 7. The molecule has 8 nitrogen and oxygen atoms in total. The van der Waals surface area contributed by atoms with Gasteiger partial charge in [0.2, 0.25) is 5.95 Å². The number of hydrogen-bond acceptors (Lipinski definition) is 6. The van der Waals surface area contributed by atoms with Crippen LogP contribution in [0.15, 0.2) is 35.3 Å². The molecule has 0 spiro atoms. The number of likely N-dealkylation sites (N-methyl/N-ethyl adjacent to an activating group) is 1. The van der Waals surface area contributed by atoms with E-state index in [-0.39, 0.29) is 55.8 Å². The Kier molecular flexibility index (Phi) is 7.44. The van der Waals surface area contributed by atoms with E-state index in [9.17, 15) is 18.4 Å². The first kappa shape index (κ1) is 25.8. The number of carbonyl (C=O) groups excluding carboxylic acids is 1. The molecule has 1 aliphatic heterocycles. The number of fused-ring (bicyclic) bond motifs is 1. The SMILES string of the molecule is CNC(=O)COc1cc2cc(Cc3nc(N4CCC(F)(F)CC4)ncc3Cl)ccc2n(C(C)C)c1=O. The number of nitrogens with one attached hydrogen (secondary N) is 1. The van der Waals surface area contributed by atoms with E-state index in [4.69, 9.17) is 16.3 Å². The number of carbonyl (C=O) groups is 1. The van der Waals surface area contributed by atoms with Gasteiger partial charge in [-0.15, -0.1) is 0 Å². The van der Waals surface area contributed by atoms with E-state index in [1.807, 2.05) is 32.0 Å². The number of nitrogens with zero attached hydrogens (tertiary/aromatic N) is 4. The molecular weight excluding hydrogens is 492 g/mol. The second-order valence-corrected chi connectivity index (χ2v) is 9.52. The number of hydrogen-bond donors (Lipinski definition) is 1. The molecule has 0 atom stereocenters. The number of aromatic nitrogens is 3. The van der Waals surface area contributed by atoms with Crippen molar-refractivity contribution in [2.45, 2.75) is 45.1 Å². The Morgan fingerprint density at radius 2 is 1.97 bits per heavy atom. The second-order valence-electron chi connectivity index (χ2n) is 9.12. The molecule has 0 radical (unpaired) electrons. The van der Waals surface area contributed by atoms with E-state index in [2.05, 4.69) is 15.3 Å². The molecule has 1 aromatic carbocycles. The molecule has 11 heteroatoms. The Morgan fingerprint density at radius 1 is 1.25 bits per heavy atom. The number of halogens is 3. The highest BCUT2D eigenvalue weighted by molar-refractivity contribution is 6.31. The summed E-state index contributed by atoms with van der Waals surface area (Å²) in [5, 5.41) is 3.60. The number of anilines is 1. The van der Waals surface area contributed by atoms with E-state index in [0.717, 1.165) is 16.5 Å². The summed E-state index contributed by atoms with van der Waals surface area (Å²) in [7, 11) is 1.50. The number of alkyl halides is 2. The molecule has 3 aromatic rings. The van der Waals surface area contributed by atoms with Crippen LogP contribution in [0.25, 0.3) is 10.9 Å². The molecule has 192 valence electrons. The lowest BCUT2D eigenvalue weighted by molar-refractivity contribution is -0.122. The summed E-state index contributed by atoms with van der Waals surface area (Å²) in [5.41, 5.74) is 1.87. The minimum Gasteiger partial charge on any atom is -0.478 e. The Hall–Kier alpha value is -3.27. The fraction of sp³-hybridized carbons (Fsp3) is 0.440. The maximum Gasteiger partial charge on any atom is 0.293 e. The van der Waals surface area contributed by atoms with Crippen LogP contribution in [-0.4, -0.2) is 53.1 Å². The van der Waals surface area contributed by atoms with Gasteiger partial charge in [0.05, 0.1) is 22.4 Å². The highest BCUT2D eigenvalue weighted by Gasteiger charge is 2.34. The number of amides is 1. The summed E-state index contributed by atoms with van der Waals surface area (Å²) < 4.78 is 34.2. The van der Waals surface area contributed by atoms with E-state index in [1.54, 1.807) is 15.5 Å². The van der Waals surface area contributed by atoms with Crippen LogP contribution in [0.5, 0.6) is 5.75 Å². The average molecular weight is 520 g/mol. The molecule has 2 aromatic heterocycles. The summed E-state index contributed by atoms with van der Waals surface area (Å²) >= 11 is 6.38. The van der Waals surface area contributed by atoms with Crippen molar-refractivity contribution in [1.29, 1.82) is 0 Å². The van der Waals surface area contributed by atoms with Gasteiger partial charge in [-0.05, 0) is 37.6 Å². The fourth-order valence-electron chi connectivity index (χ4n) is 4.21. The highest BCUT2D eigenvalue weighted by atomic mass is 35.5. The highest BCUT2D eigenvalue weighted by Crippen LogP contribution is 2.30. The molecular formula is C25H28ClF2N5O3. The van der Waals surface area contributed by atoms with Crippen molar-refractivity contribution in [3.8, 4) is 5.75 Å². The molecule has 3 heterocycles. The summed E-state index contributed by atoms with van der Waals surface area (Å²) in [6.07, 6.45) is 1.40. The summed E-state index contributed by atoms with van der Waals surface area (Å²) in [6, 6.07) is 7.16. The zero-order valence-electron chi connectivity index (χ0n) is 20.4. The Balaban J connectivity index is 1.65. The van der Waals surface area contributed by atoms with Crippen LogP contribution >= 0.6 is 11.6 Å². The molecule has 1 saturated heterocycles. The first-order valence-corrected chi connectivity index (χ1v) is 12.1. The summed E-state index contributed by atoms with van der Waals surface area (Å²) in [4.78, 5) is 35.2. The number of pyridine rings is 1. The van der Waals surface area contributed by atoms with Gasteiger partial charge in [0, 0.05) is 50.8 Å². The molecule has 1 fully saturated rings. The van der Waals surface area contributed by atoms with Crippen LogP contribution in [0.2, 0.25) is 5.02 Å². The summed E-state index contributed by atoms with van der Waals surface area (Å²) in [6.45, 7) is 3.88. The normalized spacial score (nSPS) is 15.4. The van der Waals surface area contributed by atoms with Gasteiger partial charge in [-0.2, -0.15) is 0 Å². The monoisotopic (exact) mass is 519 g/mol. The van der Waals surface area contributed by atoms with E-state index in [1.165, 1.54) is 13.2 Å². The maximum atomic E-state index is 13.6. The largest absolute Gasteiger partial charge is 0.478 e. The standard InChI is InChI=1S/C25H28ClF2N5O3/c1-15(2)33-20-5-4-16(10-17(20)12-21(23(33)35)36-14-22(34)29-3)11-19-18(26)13-30-24(31-19)32-8-6-25(27,28)7-9-32/h4-5,10,12-13,15H,6-9,11,14H2,1-3H3,(H,29,34). The number of ether oxygens (including phenoxy) is 1. The second kappa shape index (κ2) is 10.4. The lowest BCUT2D eigenvalue weighted by Crippen LogP contribution is -2.40. The van der Waals surface area contributed by atoms with Gasteiger partial charge < -0.3 is 19.5 Å². The van der Waals surface area contributed by atoms with Gasteiger partial charge >= 0.3 is 0 Å². The molecule has 1 N–H and O–H groups in total. The van der Waals surface area contributed by atoms with Crippen LogP contribution in [-0.2, 0) is 11.2 Å². The molecule has 36 heavy (non-hydrogen) atoms. The minimum atomic E-state index is -2.66. The van der Waals surface area contributed by atoms with E-state index < -0.39 is 5.92 Å². The van der Waals surface area contributed by atoms with E-state index >= 15 is 0 Å². The summed E-state index contributed by atoms with van der Waals surface area (Å²) in [5.74, 6) is -2.53. The third-order valence-electron chi connectivity index (χ3n) is 6.18. The first-order valence-electron chi connectivity index (χ1n) is 11.7. The Bertz CT molecular complexity index is 1340. The molecule has 1 aliphatic rings. The topological polar surface area (TPSA) is 89.3 Å². The molecule has 0 unspecified atom stereocenters. The Morgan fingerprint density at radius 3 is 2.64 bits per heavy atom. The maximum absolute atomic E-state index is 13.6. The first-order chi connectivity index (χ1) is 17.1. The van der Waals surface area contributed by atoms with Crippen LogP contribution in [0.1, 0.15) is 44.0 Å². The molecule has 0 bridgehead atoms. The Labute approximate surface area is 212 Å². The van der Waals surface area contributed by atoms with Crippen LogP contribution < -0.4 is 20.5 Å². The van der Waals surface area contributed by atoms with Crippen molar-refractivity contribution in [2.24, 2.45) is 0 Å². The van der Waals surface area contributed by atoms with Crippen molar-refractivity contribution in [1.82, 2.24) is 19.9 Å². The molecule has 1 amide bonds. The van der Waals surface area contributed by atoms with Crippen molar-refractivity contribution in [3.05, 3.63) is 57.1 Å². The van der Waals surface area contributed by atoms with Crippen molar-refractivity contribution >= 4 is 34.4 Å². The van der Waals surface area contributed by atoms with Crippen LogP contribution in [0.3, 0.4) is 0 Å². The van der Waals surface area contributed by atoms with Gasteiger partial charge in [-0.25, -0.2) is 18.7 Å². The lowest BCUT2D eigenvalue weighted by atomic mass is 10.1. The minimum absolute atomic E-state index is 0.0844. The van der Waals surface area contributed by atoms with Crippen molar-refractivity contribution < 1.29 is 18.3 Å². The predicted octanol–water partition coefficient (Wildman–Crippen LogP) is 3.98. The van der Waals surface area contributed by atoms with Gasteiger partial charge in [-0.1, -0.05) is 17.7 Å². The molecule has 4 rings (SSSR count). The van der Waals surface area contributed by atoms with Gasteiger partial charge in [0.25, 0.3) is 17.4 Å². The van der Waals surface area contributed by atoms with Gasteiger partial charge in [-0.3, -0.25) is 9.59 Å². The van der Waals surface area contributed by atoms with Gasteiger partial charge in [0.15, 0.2) is 12.4 Å². The van der Waals surface area contributed by atoms with E-state index in [0.29, 0.717) is 23.1 Å². The van der Waals surface area contributed by atoms with Gasteiger partial charge in [0.1, 0.15) is 0 Å². The van der Waals surface area contributed by atoms with Crippen LogP contribution in [0, 0.1) is 0 Å². The quantitative estimate of drug-likeness (QED) is 0.508. The van der Waals surface area contributed by atoms with Crippen LogP contribution in [0.4, 0.5) is 14.7 Å². The fourth-order valence-corrected chi connectivity index (χ4v) is 4.36. The third kappa shape index (κ3) is 5.59. The zero-order valence-corrected chi connectivity index (χ0v) is 21.1.